The Balaban J connectivity index is 3.17. The molecule has 0 saturated heterocycles. The van der Waals surface area contributed by atoms with Crippen LogP contribution in [0.3, 0.4) is 0 Å². The monoisotopic (exact) mass is 157 g/mol. The minimum atomic E-state index is 0.405. The second-order valence-electron chi connectivity index (χ2n) is 1.82. The van der Waals surface area contributed by atoms with Gasteiger partial charge in [-0.2, -0.15) is 0 Å². The number of nitrogens with two attached hydrogens (primary N) is 1. The van der Waals surface area contributed by atoms with Gasteiger partial charge in [0.2, 0.25) is 0 Å². The Morgan fingerprint density at radius 3 is 2.80 bits per heavy atom. The van der Waals surface area contributed by atoms with Crippen LogP contribution in [0.25, 0.3) is 0 Å². The largest absolute Gasteiger partial charge is 0.397 e. The Morgan fingerprint density at radius 1 is 1.70 bits per heavy atom. The van der Waals surface area contributed by atoms with Crippen LogP contribution < -0.4 is 11.1 Å². The van der Waals surface area contributed by atoms with Crippen LogP contribution >= 0.6 is 11.6 Å². The predicted molar refractivity (Wildman–Crippen MR) is 43.2 cm³/mol. The molecule has 1 aromatic rings. The molecule has 0 spiro atoms. The first-order valence-corrected chi connectivity index (χ1v) is 3.21. The second kappa shape index (κ2) is 2.75. The van der Waals surface area contributed by atoms with Crippen LogP contribution in [-0.4, -0.2) is 12.0 Å². The smallest absolute Gasteiger partial charge is 0.154 e. The maximum Gasteiger partial charge on any atom is 0.154 e. The molecule has 0 aliphatic heterocycles. The third kappa shape index (κ3) is 1.14. The summed E-state index contributed by atoms with van der Waals surface area (Å²) in [5.74, 6) is 0. The molecule has 1 rings (SSSR count). The average Bonchev–Trinajstić information content (AvgIpc) is 1.88. The molecule has 0 atom stereocenters. The van der Waals surface area contributed by atoms with E-state index in [4.69, 9.17) is 17.3 Å². The molecule has 54 valence electrons. The lowest BCUT2D eigenvalue weighted by atomic mass is 10.3. The summed E-state index contributed by atoms with van der Waals surface area (Å²) in [7, 11) is 1.75. The summed E-state index contributed by atoms with van der Waals surface area (Å²) in [6.07, 6.45) is 1.57. The zero-order valence-corrected chi connectivity index (χ0v) is 6.31. The molecule has 0 fully saturated rings. The molecule has 4 heteroatoms. The number of hydrogen-bond acceptors (Lipinski definition) is 3. The van der Waals surface area contributed by atoms with Gasteiger partial charge in [0, 0.05) is 13.2 Å². The number of nitrogens with zero attached hydrogens (tertiary/aromatic N) is 1. The van der Waals surface area contributed by atoms with Crippen molar-refractivity contribution in [1.82, 2.24) is 4.98 Å². The van der Waals surface area contributed by atoms with Gasteiger partial charge in [0.25, 0.3) is 0 Å². The molecule has 0 aliphatic carbocycles. The van der Waals surface area contributed by atoms with E-state index in [2.05, 4.69) is 10.3 Å². The maximum atomic E-state index is 5.68. The molecule has 0 unspecified atom stereocenters. The second-order valence-corrected chi connectivity index (χ2v) is 2.17. The van der Waals surface area contributed by atoms with Gasteiger partial charge < -0.3 is 11.1 Å². The standard InChI is InChI=1S/C6H8ClN3/c1-9-5-4(8)2-3-10-6(5)7/h2-3,9H,1H3,(H2,8,10). The van der Waals surface area contributed by atoms with Crippen molar-refractivity contribution in [2.45, 2.75) is 0 Å². The highest BCUT2D eigenvalue weighted by Gasteiger charge is 2.00. The Bertz CT molecular complexity index is 216. The zero-order chi connectivity index (χ0) is 7.56. The molecule has 1 aromatic heterocycles. The van der Waals surface area contributed by atoms with E-state index < -0.39 is 0 Å². The molecule has 10 heavy (non-hydrogen) atoms. The van der Waals surface area contributed by atoms with Crippen molar-refractivity contribution in [3.05, 3.63) is 17.4 Å². The molecule has 0 aliphatic rings. The fourth-order valence-corrected chi connectivity index (χ4v) is 0.957. The number of hydrogen-bond donors (Lipinski definition) is 2. The summed E-state index contributed by atoms with van der Waals surface area (Å²) < 4.78 is 0. The molecule has 1 heterocycles. The van der Waals surface area contributed by atoms with E-state index in [-0.39, 0.29) is 0 Å². The molecule has 3 nitrogen and oxygen atoms in total. The molecule has 3 N–H and O–H groups in total. The molecule has 0 radical (unpaired) electrons. The van der Waals surface area contributed by atoms with Gasteiger partial charge in [0.15, 0.2) is 5.15 Å². The third-order valence-electron chi connectivity index (χ3n) is 1.19. The van der Waals surface area contributed by atoms with Crippen LogP contribution in [0.15, 0.2) is 12.3 Å². The van der Waals surface area contributed by atoms with E-state index in [1.165, 1.54) is 0 Å². The van der Waals surface area contributed by atoms with E-state index in [1.807, 2.05) is 0 Å². The van der Waals surface area contributed by atoms with Crippen LogP contribution in [0.2, 0.25) is 5.15 Å². The number of anilines is 2. The van der Waals surface area contributed by atoms with Crippen molar-refractivity contribution in [2.75, 3.05) is 18.1 Å². The topological polar surface area (TPSA) is 50.9 Å². The minimum absolute atomic E-state index is 0.405. The number of rotatable bonds is 1. The summed E-state index contributed by atoms with van der Waals surface area (Å²) in [6, 6.07) is 1.69. The number of halogens is 1. The highest BCUT2D eigenvalue weighted by molar-refractivity contribution is 6.32. The molecule has 0 bridgehead atoms. The fourth-order valence-electron chi connectivity index (χ4n) is 0.697. The first kappa shape index (κ1) is 7.15. The van der Waals surface area contributed by atoms with Crippen molar-refractivity contribution in [3.63, 3.8) is 0 Å². The normalized spacial score (nSPS) is 9.40. The van der Waals surface area contributed by atoms with Crippen molar-refractivity contribution in [1.29, 1.82) is 0 Å². The van der Waals surface area contributed by atoms with Gasteiger partial charge in [-0.25, -0.2) is 4.98 Å². The lowest BCUT2D eigenvalue weighted by Crippen LogP contribution is -1.97. The molecular formula is C6H8ClN3. The number of aromatic nitrogens is 1. The van der Waals surface area contributed by atoms with Crippen LogP contribution in [0.4, 0.5) is 11.4 Å². The highest BCUT2D eigenvalue weighted by Crippen LogP contribution is 2.24. The Morgan fingerprint density at radius 2 is 2.40 bits per heavy atom. The van der Waals surface area contributed by atoms with Crippen molar-refractivity contribution >= 4 is 23.0 Å². The van der Waals surface area contributed by atoms with Crippen LogP contribution in [-0.2, 0) is 0 Å². The molecule has 0 aromatic carbocycles. The number of nitrogens with one attached hydrogen (secondary N) is 1. The Labute approximate surface area is 64.2 Å². The van der Waals surface area contributed by atoms with Crippen LogP contribution in [0.1, 0.15) is 0 Å². The number of pyridine rings is 1. The maximum absolute atomic E-state index is 5.68. The quantitative estimate of drug-likeness (QED) is 0.606. The third-order valence-corrected chi connectivity index (χ3v) is 1.47. The average molecular weight is 158 g/mol. The van der Waals surface area contributed by atoms with Gasteiger partial charge in [-0.15, -0.1) is 0 Å². The summed E-state index contributed by atoms with van der Waals surface area (Å²) in [4.78, 5) is 3.83. The summed E-state index contributed by atoms with van der Waals surface area (Å²) >= 11 is 5.68. The van der Waals surface area contributed by atoms with Gasteiger partial charge >= 0.3 is 0 Å². The lowest BCUT2D eigenvalue weighted by Gasteiger charge is -2.03. The van der Waals surface area contributed by atoms with E-state index in [9.17, 15) is 0 Å². The predicted octanol–water partition coefficient (Wildman–Crippen LogP) is 1.36. The van der Waals surface area contributed by atoms with Gasteiger partial charge in [-0.05, 0) is 6.07 Å². The van der Waals surface area contributed by atoms with Gasteiger partial charge in [0.1, 0.15) is 0 Å². The van der Waals surface area contributed by atoms with E-state index >= 15 is 0 Å². The van der Waals surface area contributed by atoms with Crippen LogP contribution in [0.5, 0.6) is 0 Å². The molecule has 0 saturated carbocycles. The summed E-state index contributed by atoms with van der Waals surface area (Å²) in [5.41, 5.74) is 6.84. The van der Waals surface area contributed by atoms with E-state index in [0.29, 0.717) is 16.5 Å². The number of nitrogen functional groups attached to an aromatic ring is 1. The van der Waals surface area contributed by atoms with E-state index in [0.717, 1.165) is 0 Å². The Hall–Kier alpha value is -0.960. The first-order chi connectivity index (χ1) is 4.75. The molecule has 0 amide bonds. The first-order valence-electron chi connectivity index (χ1n) is 2.83. The van der Waals surface area contributed by atoms with E-state index in [1.54, 1.807) is 19.3 Å². The fraction of sp³-hybridized carbons (Fsp3) is 0.167. The summed E-state index contributed by atoms with van der Waals surface area (Å²) in [5, 5.41) is 3.25. The SMILES string of the molecule is CNc1c(N)ccnc1Cl. The van der Waals surface area contributed by atoms with Crippen molar-refractivity contribution in [3.8, 4) is 0 Å². The zero-order valence-electron chi connectivity index (χ0n) is 5.56. The van der Waals surface area contributed by atoms with Gasteiger partial charge in [-0.1, -0.05) is 11.6 Å². The Kier molecular flexibility index (Phi) is 1.97. The molecular weight excluding hydrogens is 150 g/mol. The van der Waals surface area contributed by atoms with Crippen LogP contribution in [0, 0.1) is 0 Å². The van der Waals surface area contributed by atoms with Crippen molar-refractivity contribution in [2.24, 2.45) is 0 Å². The van der Waals surface area contributed by atoms with Crippen molar-refractivity contribution < 1.29 is 0 Å². The van der Waals surface area contributed by atoms with Gasteiger partial charge in [0.05, 0.1) is 11.4 Å². The minimum Gasteiger partial charge on any atom is -0.397 e. The van der Waals surface area contributed by atoms with Gasteiger partial charge in [-0.3, -0.25) is 0 Å². The lowest BCUT2D eigenvalue weighted by molar-refractivity contribution is 1.31. The highest BCUT2D eigenvalue weighted by atomic mass is 35.5. The summed E-state index contributed by atoms with van der Waals surface area (Å²) in [6.45, 7) is 0.